The molecule has 3 rings (SSSR count). The Morgan fingerprint density at radius 1 is 1.37 bits per heavy atom. The molecule has 2 saturated heterocycles. The number of hydrogen-bond acceptors (Lipinski definition) is 2. The molecule has 19 heavy (non-hydrogen) atoms. The quantitative estimate of drug-likeness (QED) is 0.837. The fraction of sp³-hybridized carbons (Fsp3) is 0.625. The Balaban J connectivity index is 1.92. The molecule has 2 atom stereocenters. The molecule has 2 fully saturated rings. The second-order valence-electron chi connectivity index (χ2n) is 6.27. The predicted molar refractivity (Wildman–Crippen MR) is 75.8 cm³/mol. The van der Waals surface area contributed by atoms with E-state index in [0.29, 0.717) is 11.3 Å². The molecular weight excluding hydrogens is 239 g/mol. The highest BCUT2D eigenvalue weighted by atomic mass is 19.1. The van der Waals surface area contributed by atoms with E-state index in [0.717, 1.165) is 19.6 Å². The first-order valence-electron chi connectivity index (χ1n) is 7.34. The fourth-order valence-electron chi connectivity index (χ4n) is 4.05. The number of benzene rings is 1. The van der Waals surface area contributed by atoms with Gasteiger partial charge in [-0.15, -0.1) is 0 Å². The molecule has 2 aliphatic rings. The molecule has 1 aromatic carbocycles. The van der Waals surface area contributed by atoms with Gasteiger partial charge in [0.05, 0.1) is 0 Å². The lowest BCUT2D eigenvalue weighted by molar-refractivity contribution is 0.0540. The van der Waals surface area contributed by atoms with Crippen LogP contribution in [0.1, 0.15) is 30.7 Å². The van der Waals surface area contributed by atoms with Crippen molar-refractivity contribution in [3.05, 3.63) is 35.6 Å². The summed E-state index contributed by atoms with van der Waals surface area (Å²) in [6.45, 7) is 4.43. The second-order valence-corrected chi connectivity index (χ2v) is 6.27. The maximum atomic E-state index is 13.5. The number of rotatable bonds is 1. The summed E-state index contributed by atoms with van der Waals surface area (Å²) in [6, 6.07) is 7.21. The summed E-state index contributed by atoms with van der Waals surface area (Å²) < 4.78 is 13.5. The first kappa shape index (κ1) is 13.1. The van der Waals surface area contributed by atoms with Crippen molar-refractivity contribution < 1.29 is 4.39 Å². The largest absolute Gasteiger partial charge is 0.316 e. The average molecular weight is 262 g/mol. The molecular formula is C16H23FN2. The van der Waals surface area contributed by atoms with Gasteiger partial charge in [-0.3, -0.25) is 0 Å². The van der Waals surface area contributed by atoms with Gasteiger partial charge >= 0.3 is 0 Å². The summed E-state index contributed by atoms with van der Waals surface area (Å²) >= 11 is 0. The van der Waals surface area contributed by atoms with E-state index in [2.05, 4.69) is 23.3 Å². The Labute approximate surface area is 115 Å². The van der Waals surface area contributed by atoms with Gasteiger partial charge in [0.2, 0.25) is 0 Å². The molecule has 0 bridgehead atoms. The molecule has 0 radical (unpaired) electrons. The Morgan fingerprint density at radius 2 is 2.26 bits per heavy atom. The number of halogens is 1. The minimum Gasteiger partial charge on any atom is -0.316 e. The van der Waals surface area contributed by atoms with E-state index in [1.54, 1.807) is 12.1 Å². The zero-order valence-electron chi connectivity index (χ0n) is 11.7. The van der Waals surface area contributed by atoms with Crippen LogP contribution in [0, 0.1) is 11.2 Å². The molecule has 0 saturated carbocycles. The summed E-state index contributed by atoms with van der Waals surface area (Å²) in [5, 5.41) is 3.50. The lowest BCUT2D eigenvalue weighted by Gasteiger charge is -2.50. The van der Waals surface area contributed by atoms with Crippen molar-refractivity contribution in [3.63, 3.8) is 0 Å². The van der Waals surface area contributed by atoms with Gasteiger partial charge in [0.25, 0.3) is 0 Å². The molecule has 1 aromatic rings. The maximum Gasteiger partial charge on any atom is 0.123 e. The summed E-state index contributed by atoms with van der Waals surface area (Å²) in [5.41, 5.74) is 1.51. The standard InChI is InChI=1S/C16H23FN2/c1-19-9-3-6-16(12-19)7-8-18-11-15(16)13-4-2-5-14(17)10-13/h2,4-5,10,15,18H,3,6-9,11-12H2,1H3. The molecule has 0 aromatic heterocycles. The number of piperidine rings is 2. The van der Waals surface area contributed by atoms with Gasteiger partial charge in [0.1, 0.15) is 5.82 Å². The van der Waals surface area contributed by atoms with Crippen LogP contribution < -0.4 is 5.32 Å². The third kappa shape index (κ3) is 2.54. The summed E-state index contributed by atoms with van der Waals surface area (Å²) in [6.07, 6.45) is 3.75. The lowest BCUT2D eigenvalue weighted by atomic mass is 9.64. The van der Waals surface area contributed by atoms with Crippen LogP contribution >= 0.6 is 0 Å². The van der Waals surface area contributed by atoms with Crippen LogP contribution in [0.15, 0.2) is 24.3 Å². The molecule has 2 unspecified atom stereocenters. The number of nitrogens with zero attached hydrogens (tertiary/aromatic N) is 1. The lowest BCUT2D eigenvalue weighted by Crippen LogP contribution is -2.51. The van der Waals surface area contributed by atoms with E-state index in [-0.39, 0.29) is 5.82 Å². The minimum absolute atomic E-state index is 0.109. The first-order chi connectivity index (χ1) is 9.20. The maximum absolute atomic E-state index is 13.5. The van der Waals surface area contributed by atoms with Crippen molar-refractivity contribution in [2.75, 3.05) is 33.2 Å². The van der Waals surface area contributed by atoms with Crippen LogP contribution in [0.2, 0.25) is 0 Å². The van der Waals surface area contributed by atoms with Crippen molar-refractivity contribution in [1.29, 1.82) is 0 Å². The van der Waals surface area contributed by atoms with E-state index in [1.165, 1.54) is 31.4 Å². The van der Waals surface area contributed by atoms with Crippen LogP contribution in [0.4, 0.5) is 4.39 Å². The van der Waals surface area contributed by atoms with Crippen molar-refractivity contribution in [3.8, 4) is 0 Å². The van der Waals surface area contributed by atoms with E-state index >= 15 is 0 Å². The van der Waals surface area contributed by atoms with Gasteiger partial charge in [-0.25, -0.2) is 4.39 Å². The first-order valence-corrected chi connectivity index (χ1v) is 7.34. The average Bonchev–Trinajstić information content (AvgIpc) is 2.39. The molecule has 0 amide bonds. The van der Waals surface area contributed by atoms with Gasteiger partial charge < -0.3 is 10.2 Å². The van der Waals surface area contributed by atoms with E-state index in [1.807, 2.05) is 6.07 Å². The summed E-state index contributed by atoms with van der Waals surface area (Å²) in [5.74, 6) is 0.335. The summed E-state index contributed by atoms with van der Waals surface area (Å²) in [7, 11) is 2.21. The van der Waals surface area contributed by atoms with E-state index in [4.69, 9.17) is 0 Å². The van der Waals surface area contributed by atoms with Crippen molar-refractivity contribution in [1.82, 2.24) is 10.2 Å². The zero-order valence-corrected chi connectivity index (χ0v) is 11.7. The second kappa shape index (κ2) is 5.22. The van der Waals surface area contributed by atoms with Gasteiger partial charge in [-0.05, 0) is 62.5 Å². The van der Waals surface area contributed by atoms with Crippen LogP contribution in [0.3, 0.4) is 0 Å². The molecule has 2 heterocycles. The third-order valence-electron chi connectivity index (χ3n) is 4.94. The molecule has 2 nitrogen and oxygen atoms in total. The van der Waals surface area contributed by atoms with Gasteiger partial charge in [-0.1, -0.05) is 12.1 Å². The Kier molecular flexibility index (Phi) is 3.59. The van der Waals surface area contributed by atoms with E-state index < -0.39 is 0 Å². The minimum atomic E-state index is -0.109. The van der Waals surface area contributed by atoms with Crippen LogP contribution in [-0.4, -0.2) is 38.1 Å². The smallest absolute Gasteiger partial charge is 0.123 e. The molecule has 1 N–H and O–H groups in total. The highest BCUT2D eigenvalue weighted by Gasteiger charge is 2.43. The van der Waals surface area contributed by atoms with E-state index in [9.17, 15) is 4.39 Å². The topological polar surface area (TPSA) is 15.3 Å². The molecule has 1 spiro atoms. The normalized spacial score (nSPS) is 32.6. The zero-order chi connectivity index (χ0) is 13.3. The third-order valence-corrected chi connectivity index (χ3v) is 4.94. The fourth-order valence-corrected chi connectivity index (χ4v) is 4.05. The van der Waals surface area contributed by atoms with Gasteiger partial charge in [0, 0.05) is 19.0 Å². The molecule has 3 heteroatoms. The van der Waals surface area contributed by atoms with Crippen molar-refractivity contribution in [2.24, 2.45) is 5.41 Å². The Morgan fingerprint density at radius 3 is 3.05 bits per heavy atom. The van der Waals surface area contributed by atoms with Crippen LogP contribution in [0.25, 0.3) is 0 Å². The van der Waals surface area contributed by atoms with Crippen molar-refractivity contribution >= 4 is 0 Å². The highest BCUT2D eigenvalue weighted by molar-refractivity contribution is 5.25. The van der Waals surface area contributed by atoms with Crippen molar-refractivity contribution in [2.45, 2.75) is 25.2 Å². The number of nitrogens with one attached hydrogen (secondary N) is 1. The Hall–Kier alpha value is -0.930. The molecule has 0 aliphatic carbocycles. The van der Waals surface area contributed by atoms with Gasteiger partial charge in [-0.2, -0.15) is 0 Å². The molecule has 104 valence electrons. The van der Waals surface area contributed by atoms with Gasteiger partial charge in [0.15, 0.2) is 0 Å². The SMILES string of the molecule is CN1CCCC2(CCNCC2c2cccc(F)c2)C1. The highest BCUT2D eigenvalue weighted by Crippen LogP contribution is 2.46. The summed E-state index contributed by atoms with van der Waals surface area (Å²) in [4.78, 5) is 2.45. The number of likely N-dealkylation sites (tertiary alicyclic amines) is 1. The van der Waals surface area contributed by atoms with Crippen LogP contribution in [-0.2, 0) is 0 Å². The number of hydrogen-bond donors (Lipinski definition) is 1. The Bertz CT molecular complexity index is 444. The molecule has 2 aliphatic heterocycles. The van der Waals surface area contributed by atoms with Crippen LogP contribution in [0.5, 0.6) is 0 Å². The predicted octanol–water partition coefficient (Wildman–Crippen LogP) is 2.61. The monoisotopic (exact) mass is 262 g/mol.